The van der Waals surface area contributed by atoms with Gasteiger partial charge in [0.1, 0.15) is 12.7 Å². The number of nitrogens with zero attached hydrogens (tertiary/aromatic N) is 1. The number of rotatable bonds is 9. The molecule has 0 bridgehead atoms. The first-order chi connectivity index (χ1) is 16.1. The van der Waals surface area contributed by atoms with Gasteiger partial charge < -0.3 is 24.3 Å². The molecule has 0 fully saturated rings. The van der Waals surface area contributed by atoms with Gasteiger partial charge in [-0.25, -0.2) is 9.78 Å². The van der Waals surface area contributed by atoms with Crippen LogP contribution in [0, 0.1) is 0 Å². The van der Waals surface area contributed by atoms with Gasteiger partial charge in [-0.05, 0) is 29.8 Å². The third kappa shape index (κ3) is 8.22. The molecule has 7 nitrogen and oxygen atoms in total. The van der Waals surface area contributed by atoms with Gasteiger partial charge in [-0.2, -0.15) is 13.2 Å². The highest BCUT2D eigenvalue weighted by molar-refractivity contribution is 6.74. The van der Waals surface area contributed by atoms with Crippen LogP contribution in [-0.2, 0) is 21.9 Å². The summed E-state index contributed by atoms with van der Waals surface area (Å²) in [5.41, 5.74) is -0.598. The summed E-state index contributed by atoms with van der Waals surface area (Å²) in [5.74, 6) is -0.315. The second-order valence-corrected chi connectivity index (χ2v) is 14.5. The predicted octanol–water partition coefficient (Wildman–Crippen LogP) is 5.46. The average Bonchev–Trinajstić information content (AvgIpc) is 2.79. The number of alkyl carbamates (subject to hydrolysis) is 1. The standard InChI is InChI=1S/C24H33F3N2O5Si/c1-23(2,3)35(5,6)34-15-19(29-22(31)33-14-16-10-8-7-9-11-16)21(30)18-12-17(24(25,26)27)13-20(28-18)32-4/h7-13,19,21,30H,14-15H2,1-6H3,(H,29,31)/t19-,21+/m0/s1. The SMILES string of the molecule is COc1cc(C(F)(F)F)cc([C@@H](O)[C@H](CO[Si](C)(C)C(C)(C)C)NC(=O)OCc2ccccc2)n1. The van der Waals surface area contributed by atoms with E-state index in [-0.39, 0.29) is 29.8 Å². The van der Waals surface area contributed by atoms with Gasteiger partial charge in [0.05, 0.1) is 31.0 Å². The van der Waals surface area contributed by atoms with Crippen LogP contribution < -0.4 is 10.1 Å². The van der Waals surface area contributed by atoms with Crippen LogP contribution in [0.2, 0.25) is 18.1 Å². The molecule has 0 unspecified atom stereocenters. The topological polar surface area (TPSA) is 89.9 Å². The molecule has 2 aromatic rings. The van der Waals surface area contributed by atoms with Crippen LogP contribution >= 0.6 is 0 Å². The minimum Gasteiger partial charge on any atom is -0.481 e. The zero-order chi connectivity index (χ0) is 26.4. The van der Waals surface area contributed by atoms with Gasteiger partial charge in [-0.3, -0.25) is 0 Å². The van der Waals surface area contributed by atoms with Crippen molar-refractivity contribution in [3.05, 3.63) is 59.3 Å². The fourth-order valence-corrected chi connectivity index (χ4v) is 3.82. The minimum atomic E-state index is -4.68. The number of hydrogen-bond acceptors (Lipinski definition) is 6. The highest BCUT2D eigenvalue weighted by atomic mass is 28.4. The van der Waals surface area contributed by atoms with Crippen molar-refractivity contribution in [1.82, 2.24) is 10.3 Å². The van der Waals surface area contributed by atoms with E-state index in [9.17, 15) is 23.1 Å². The molecular weight excluding hydrogens is 481 g/mol. The minimum absolute atomic E-state index is 0.0196. The van der Waals surface area contributed by atoms with Crippen LogP contribution in [0.3, 0.4) is 0 Å². The van der Waals surface area contributed by atoms with Gasteiger partial charge in [-0.1, -0.05) is 51.1 Å². The Morgan fingerprint density at radius 2 is 1.77 bits per heavy atom. The van der Waals surface area contributed by atoms with Crippen LogP contribution in [0.5, 0.6) is 5.88 Å². The Kier molecular flexibility index (Phi) is 9.32. The number of aliphatic hydroxyl groups is 1. The summed E-state index contributed by atoms with van der Waals surface area (Å²) in [6.07, 6.45) is -7.16. The number of amides is 1. The molecule has 0 aliphatic rings. The number of carbonyl (C=O) groups is 1. The molecule has 1 amide bonds. The number of methoxy groups -OCH3 is 1. The number of pyridine rings is 1. The number of benzene rings is 1. The number of aliphatic hydroxyl groups excluding tert-OH is 1. The highest BCUT2D eigenvalue weighted by Gasteiger charge is 2.39. The third-order valence-electron chi connectivity index (χ3n) is 5.99. The lowest BCUT2D eigenvalue weighted by Gasteiger charge is -2.38. The zero-order valence-corrected chi connectivity index (χ0v) is 21.8. The molecule has 1 aromatic carbocycles. The van der Waals surface area contributed by atoms with Crippen LogP contribution in [0.15, 0.2) is 42.5 Å². The summed E-state index contributed by atoms with van der Waals surface area (Å²) in [5, 5.41) is 13.4. The quantitative estimate of drug-likeness (QED) is 0.432. The predicted molar refractivity (Wildman–Crippen MR) is 127 cm³/mol. The highest BCUT2D eigenvalue weighted by Crippen LogP contribution is 2.37. The molecule has 194 valence electrons. The van der Waals surface area contributed by atoms with E-state index in [0.717, 1.165) is 17.7 Å². The summed E-state index contributed by atoms with van der Waals surface area (Å²) in [6, 6.07) is 9.30. The van der Waals surface area contributed by atoms with Crippen molar-refractivity contribution in [3.63, 3.8) is 0 Å². The summed E-state index contributed by atoms with van der Waals surface area (Å²) in [7, 11) is -1.15. The molecule has 2 N–H and O–H groups in total. The molecule has 11 heteroatoms. The van der Waals surface area contributed by atoms with Crippen LogP contribution in [0.25, 0.3) is 0 Å². The molecule has 2 atom stereocenters. The van der Waals surface area contributed by atoms with Crippen LogP contribution in [-0.4, -0.2) is 44.3 Å². The average molecular weight is 515 g/mol. The van der Waals surface area contributed by atoms with Crippen LogP contribution in [0.4, 0.5) is 18.0 Å². The monoisotopic (exact) mass is 514 g/mol. The fraction of sp³-hybridized carbons (Fsp3) is 0.500. The fourth-order valence-electron chi connectivity index (χ4n) is 2.79. The molecule has 0 aliphatic carbocycles. The van der Waals surface area contributed by atoms with E-state index < -0.39 is 38.3 Å². The number of aromatic nitrogens is 1. The number of alkyl halides is 3. The lowest BCUT2D eigenvalue weighted by atomic mass is 10.1. The van der Waals surface area contributed by atoms with Gasteiger partial charge in [0.15, 0.2) is 8.32 Å². The molecule has 1 aromatic heterocycles. The molecule has 0 saturated heterocycles. The molecule has 2 rings (SSSR count). The number of nitrogens with one attached hydrogen (secondary N) is 1. The molecule has 0 radical (unpaired) electrons. The van der Waals surface area contributed by atoms with Crippen LogP contribution in [0.1, 0.15) is 43.7 Å². The Morgan fingerprint density at radius 1 is 1.14 bits per heavy atom. The van der Waals surface area contributed by atoms with Crippen molar-refractivity contribution < 1.29 is 37.0 Å². The molecule has 0 aliphatic heterocycles. The second-order valence-electron chi connectivity index (χ2n) is 9.65. The maximum Gasteiger partial charge on any atom is 0.416 e. The van der Waals surface area contributed by atoms with Crippen molar-refractivity contribution in [3.8, 4) is 5.88 Å². The van der Waals surface area contributed by atoms with Crippen molar-refractivity contribution in [1.29, 1.82) is 0 Å². The Morgan fingerprint density at radius 3 is 2.31 bits per heavy atom. The van der Waals surface area contributed by atoms with E-state index in [4.69, 9.17) is 13.9 Å². The van der Waals surface area contributed by atoms with E-state index in [0.29, 0.717) is 0 Å². The Balaban J connectivity index is 2.29. The van der Waals surface area contributed by atoms with Crippen molar-refractivity contribution in [2.24, 2.45) is 0 Å². The first-order valence-corrected chi connectivity index (χ1v) is 14.0. The van der Waals surface area contributed by atoms with E-state index in [1.54, 1.807) is 24.3 Å². The summed E-state index contributed by atoms with van der Waals surface area (Å²) in [6.45, 7) is 9.85. The maximum atomic E-state index is 13.4. The first kappa shape index (κ1) is 28.6. The summed E-state index contributed by atoms with van der Waals surface area (Å²) in [4.78, 5) is 16.5. The second kappa shape index (κ2) is 11.4. The summed E-state index contributed by atoms with van der Waals surface area (Å²) < 4.78 is 56.4. The molecule has 0 saturated carbocycles. The summed E-state index contributed by atoms with van der Waals surface area (Å²) >= 11 is 0. The first-order valence-electron chi connectivity index (χ1n) is 11.1. The molecular formula is C24H33F3N2O5Si. The number of carbonyl (C=O) groups excluding carboxylic acids is 1. The molecule has 0 spiro atoms. The zero-order valence-electron chi connectivity index (χ0n) is 20.8. The van der Waals surface area contributed by atoms with E-state index in [1.807, 2.05) is 39.9 Å². The van der Waals surface area contributed by atoms with E-state index in [1.165, 1.54) is 7.11 Å². The normalized spacial score (nSPS) is 14.2. The number of halogens is 3. The van der Waals surface area contributed by atoms with Crippen molar-refractivity contribution >= 4 is 14.4 Å². The lowest BCUT2D eigenvalue weighted by Crippen LogP contribution is -2.48. The Labute approximate surface area is 204 Å². The van der Waals surface area contributed by atoms with Gasteiger partial charge in [0.2, 0.25) is 5.88 Å². The molecule has 1 heterocycles. The van der Waals surface area contributed by atoms with Crippen molar-refractivity contribution in [2.75, 3.05) is 13.7 Å². The Hall–Kier alpha value is -2.63. The van der Waals surface area contributed by atoms with Gasteiger partial charge in [0, 0.05) is 6.07 Å². The number of ether oxygens (including phenoxy) is 2. The van der Waals surface area contributed by atoms with E-state index >= 15 is 0 Å². The Bertz CT molecular complexity index is 981. The lowest BCUT2D eigenvalue weighted by molar-refractivity contribution is -0.137. The molecule has 35 heavy (non-hydrogen) atoms. The van der Waals surface area contributed by atoms with Gasteiger partial charge in [-0.15, -0.1) is 0 Å². The maximum absolute atomic E-state index is 13.4. The van der Waals surface area contributed by atoms with Crippen molar-refractivity contribution in [2.45, 2.75) is 63.8 Å². The number of hydrogen-bond donors (Lipinski definition) is 2. The van der Waals surface area contributed by atoms with E-state index in [2.05, 4.69) is 10.3 Å². The smallest absolute Gasteiger partial charge is 0.416 e. The van der Waals surface area contributed by atoms with Gasteiger partial charge in [0.25, 0.3) is 0 Å². The third-order valence-corrected chi connectivity index (χ3v) is 10.5. The van der Waals surface area contributed by atoms with Gasteiger partial charge >= 0.3 is 12.3 Å². The largest absolute Gasteiger partial charge is 0.481 e.